The Balaban J connectivity index is 0.814. The summed E-state index contributed by atoms with van der Waals surface area (Å²) >= 11 is 0. The van der Waals surface area contributed by atoms with Crippen molar-refractivity contribution in [2.75, 3.05) is 26.4 Å². The number of fused-ring (bicyclic) bond motifs is 6. The quantitative estimate of drug-likeness (QED) is 0.100. The molecule has 4 N–H and O–H groups in total. The standard InChI is InChI=1S/C73H94N2O11/c1-39-49-17-8-7-14-42(49)18-20-50(39)54-31-48-30-46-16-10-24-69(46)34-45-33-67(2)63(52-23-26-82-57(52)32-53(56(77)36-76)43-19-21-51-44(29-43)22-25-75-38-74-35-55(51)75)84-66(81)64-73(67,85-64)71(47-15-9-13-41(28-47)27-40-11-5-4-6-12-40)59(45)70-37-83-65(80)61(69)72(48,70)86-68(54,3)60(70)58(78)62(71)79/h4-6,11-12,22-23,25-26,31,39,41-47,49-51,53-56,59-64,74,76-77,79H,7-10,13-21,24,27-30,32-38H2,1-3H3. The largest absolute Gasteiger partial charge is 0.469 e. The Kier molecular flexibility index (Phi) is 12.1. The average Bonchev–Trinajstić information content (AvgIpc) is 1.41. The van der Waals surface area contributed by atoms with E-state index in [4.69, 9.17) is 23.4 Å². The lowest BCUT2D eigenvalue weighted by molar-refractivity contribution is -0.301. The van der Waals surface area contributed by atoms with Crippen molar-refractivity contribution in [2.24, 2.45) is 116 Å². The van der Waals surface area contributed by atoms with Gasteiger partial charge in [-0.3, -0.25) is 14.9 Å². The summed E-state index contributed by atoms with van der Waals surface area (Å²) in [6.07, 6.45) is 24.7. The maximum atomic E-state index is 17.5. The average molecular weight is 1180 g/mol. The minimum absolute atomic E-state index is 0.0556. The Morgan fingerprint density at radius 2 is 1.67 bits per heavy atom. The molecule has 86 heavy (non-hydrogen) atoms. The number of nitrogens with zero attached hydrogens (tertiary/aromatic N) is 1. The van der Waals surface area contributed by atoms with Gasteiger partial charge < -0.3 is 43.6 Å². The van der Waals surface area contributed by atoms with E-state index in [0.29, 0.717) is 48.3 Å². The Morgan fingerprint density at radius 3 is 2.53 bits per heavy atom. The molecule has 8 heterocycles. The predicted octanol–water partition coefficient (Wildman–Crippen LogP) is 10.2. The van der Waals surface area contributed by atoms with Gasteiger partial charge in [0.1, 0.15) is 35.8 Å². The number of aliphatic hydroxyl groups excluding tert-OH is 3. The van der Waals surface area contributed by atoms with E-state index in [1.54, 1.807) is 6.26 Å². The first-order chi connectivity index (χ1) is 41.7. The molecule has 4 spiro atoms. The van der Waals surface area contributed by atoms with E-state index in [-0.39, 0.29) is 72.3 Å². The lowest BCUT2D eigenvalue weighted by Gasteiger charge is -2.72. The number of furan rings is 1. The van der Waals surface area contributed by atoms with Crippen molar-refractivity contribution in [2.45, 2.75) is 203 Å². The number of aliphatic hydroxyl groups is 3. The number of Topliss-reactive ketones (excluding diaryl/α,β-unsaturated/α-hetero) is 1. The van der Waals surface area contributed by atoms with Crippen molar-refractivity contribution in [3.8, 4) is 0 Å². The molecule has 13 nitrogen and oxygen atoms in total. The van der Waals surface area contributed by atoms with Gasteiger partial charge in [-0.2, -0.15) is 0 Å². The molecule has 16 aliphatic rings. The summed E-state index contributed by atoms with van der Waals surface area (Å²) in [6.45, 7) is 8.59. The number of cyclic esters (lactones) is 2. The molecule has 9 aliphatic carbocycles. The second kappa shape index (κ2) is 18.9. The molecule has 2 aromatic rings. The topological polar surface area (TPSA) is 181 Å². The molecule has 18 rings (SSSR count). The highest BCUT2D eigenvalue weighted by atomic mass is 16.7. The van der Waals surface area contributed by atoms with Gasteiger partial charge in [0.05, 0.1) is 48.5 Å². The van der Waals surface area contributed by atoms with Crippen LogP contribution < -0.4 is 5.32 Å². The SMILES string of the molecule is CC1C2CCCCC2CCC1C1C=C2CC3CCCC34CC3CC5(C)C(c6ccoc6CC(C(O)CO)C6CCC7C(C=CN8CNCC78)C6)OC(=O)C6OC65C5(C6CCCC(Cc7ccccc7)C6)C(O)C(=O)C6C1(C)OC21C4C(=O)OCC61C35. The Hall–Kier alpha value is -3.85. The number of carbonyl (C=O) groups is 3. The van der Waals surface area contributed by atoms with E-state index in [0.717, 1.165) is 115 Å². The third-order valence-corrected chi connectivity index (χ3v) is 30.2. The van der Waals surface area contributed by atoms with Crippen LogP contribution in [0.1, 0.15) is 166 Å². The maximum Gasteiger partial charge on any atom is 0.339 e. The lowest BCUT2D eigenvalue weighted by atomic mass is 9.29. The van der Waals surface area contributed by atoms with Crippen LogP contribution in [0.15, 0.2) is 71.0 Å². The highest BCUT2D eigenvalue weighted by Crippen LogP contribution is 2.90. The zero-order chi connectivity index (χ0) is 58.2. The number of benzene rings is 1. The molecular formula is C73H94N2O11. The lowest BCUT2D eigenvalue weighted by Crippen LogP contribution is -2.82. The number of allylic oxidation sites excluding steroid dienone is 1. The predicted molar refractivity (Wildman–Crippen MR) is 317 cm³/mol. The van der Waals surface area contributed by atoms with Crippen LogP contribution in [0, 0.1) is 116 Å². The van der Waals surface area contributed by atoms with Crippen molar-refractivity contribution in [1.82, 2.24) is 10.2 Å². The monoisotopic (exact) mass is 1170 g/mol. The van der Waals surface area contributed by atoms with Gasteiger partial charge in [0, 0.05) is 41.3 Å². The van der Waals surface area contributed by atoms with Gasteiger partial charge in [-0.1, -0.05) is 94.9 Å². The number of carbonyl (C=O) groups excluding carboxylic acids is 3. The van der Waals surface area contributed by atoms with E-state index in [9.17, 15) is 15.3 Å². The Labute approximate surface area is 507 Å². The normalized spacial score (nSPS) is 52.8. The molecule has 1 aromatic carbocycles. The molecule has 7 aliphatic heterocycles. The van der Waals surface area contributed by atoms with Crippen molar-refractivity contribution in [3.05, 3.63) is 83.5 Å². The van der Waals surface area contributed by atoms with Crippen molar-refractivity contribution >= 4 is 17.7 Å². The number of ether oxygens (including phenoxy) is 4. The maximum absolute atomic E-state index is 17.5. The van der Waals surface area contributed by atoms with E-state index in [1.807, 2.05) is 6.07 Å². The highest BCUT2D eigenvalue weighted by molar-refractivity contribution is 5.94. The molecule has 13 heteroatoms. The van der Waals surface area contributed by atoms with Crippen LogP contribution in [0.5, 0.6) is 0 Å². The molecule has 5 bridgehead atoms. The zero-order valence-electron chi connectivity index (χ0n) is 51.1. The Morgan fingerprint density at radius 1 is 0.837 bits per heavy atom. The molecule has 462 valence electrons. The van der Waals surface area contributed by atoms with E-state index in [1.165, 1.54) is 43.2 Å². The summed E-state index contributed by atoms with van der Waals surface area (Å²) in [7, 11) is 0. The van der Waals surface area contributed by atoms with Crippen LogP contribution in [0.25, 0.3) is 0 Å². The molecule has 5 saturated heterocycles. The minimum atomic E-state index is -1.50. The molecule has 0 radical (unpaired) electrons. The summed E-state index contributed by atoms with van der Waals surface area (Å²) in [5, 5.41) is 41.2. The van der Waals surface area contributed by atoms with Crippen molar-refractivity contribution in [3.63, 3.8) is 0 Å². The van der Waals surface area contributed by atoms with Crippen LogP contribution >= 0.6 is 0 Å². The number of nitrogens with one attached hydrogen (secondary N) is 1. The Bertz CT molecular complexity index is 3180. The number of hydrogen-bond acceptors (Lipinski definition) is 13. The fourth-order valence-corrected chi connectivity index (χ4v) is 27.7. The second-order valence-electron chi connectivity index (χ2n) is 32.7. The number of esters is 2. The van der Waals surface area contributed by atoms with Gasteiger partial charge in [0.2, 0.25) is 0 Å². The second-order valence-corrected chi connectivity index (χ2v) is 32.7. The molecule has 28 atom stereocenters. The molecule has 1 aromatic heterocycles. The van der Waals surface area contributed by atoms with Gasteiger partial charge in [-0.05, 0) is 203 Å². The fourth-order valence-electron chi connectivity index (χ4n) is 27.7. The fraction of sp³-hybridized carbons (Fsp3) is 0.767. The summed E-state index contributed by atoms with van der Waals surface area (Å²) < 4.78 is 36.9. The van der Waals surface area contributed by atoms with Crippen molar-refractivity contribution in [1.29, 1.82) is 0 Å². The first-order valence-corrected chi connectivity index (χ1v) is 34.9. The highest BCUT2D eigenvalue weighted by Gasteiger charge is 2.98. The summed E-state index contributed by atoms with van der Waals surface area (Å²) in [4.78, 5) is 51.5. The third-order valence-electron chi connectivity index (χ3n) is 30.2. The van der Waals surface area contributed by atoms with Crippen LogP contribution in [0.3, 0.4) is 0 Å². The van der Waals surface area contributed by atoms with Crippen LogP contribution in [0.4, 0.5) is 0 Å². The first-order valence-electron chi connectivity index (χ1n) is 34.9. The van der Waals surface area contributed by atoms with Crippen LogP contribution in [-0.4, -0.2) is 106 Å². The molecule has 28 unspecified atom stereocenters. The van der Waals surface area contributed by atoms with Crippen molar-refractivity contribution < 1.29 is 53.1 Å². The van der Waals surface area contributed by atoms with Gasteiger partial charge in [-0.15, -0.1) is 0 Å². The van der Waals surface area contributed by atoms with Crippen LogP contribution in [0.2, 0.25) is 0 Å². The van der Waals surface area contributed by atoms with E-state index in [2.05, 4.69) is 79.7 Å². The van der Waals surface area contributed by atoms with E-state index < -0.39 is 86.6 Å². The van der Waals surface area contributed by atoms with Gasteiger partial charge in [0.15, 0.2) is 11.9 Å². The number of ketones is 1. The summed E-state index contributed by atoms with van der Waals surface area (Å²) in [5.41, 5.74) is -4.01. The number of hydrogen-bond donors (Lipinski definition) is 4. The van der Waals surface area contributed by atoms with Crippen LogP contribution in [-0.2, 0) is 46.2 Å². The molecule has 14 fully saturated rings. The van der Waals surface area contributed by atoms with E-state index >= 15 is 14.4 Å². The zero-order valence-corrected chi connectivity index (χ0v) is 51.1. The molecule has 9 saturated carbocycles. The number of rotatable bonds is 10. The number of epoxide rings is 1. The third kappa shape index (κ3) is 6.63. The summed E-state index contributed by atoms with van der Waals surface area (Å²) in [6, 6.07) is 13.2. The smallest absolute Gasteiger partial charge is 0.339 e. The van der Waals surface area contributed by atoms with Gasteiger partial charge in [-0.25, -0.2) is 4.79 Å². The first kappa shape index (κ1) is 55.0. The molecular weight excluding hydrogens is 1080 g/mol. The summed E-state index contributed by atoms with van der Waals surface area (Å²) in [5.74, 6) is 0.897. The van der Waals surface area contributed by atoms with Gasteiger partial charge in [0.25, 0.3) is 0 Å². The minimum Gasteiger partial charge on any atom is -0.469 e. The molecule has 0 amide bonds. The van der Waals surface area contributed by atoms with Gasteiger partial charge >= 0.3 is 11.9 Å².